The number of rotatable bonds is 2. The normalized spacial score (nSPS) is 24.7. The van der Waals surface area contributed by atoms with Crippen LogP contribution >= 0.6 is 0 Å². The number of hydrogen-bond donors (Lipinski definition) is 1. The van der Waals surface area contributed by atoms with Gasteiger partial charge in [0.05, 0.1) is 6.54 Å². The third kappa shape index (κ3) is 2.49. The summed E-state index contributed by atoms with van der Waals surface area (Å²) < 4.78 is 6.64. The molecule has 0 spiro atoms. The predicted molar refractivity (Wildman–Crippen MR) is 84.0 cm³/mol. The Kier molecular flexibility index (Phi) is 3.87. The van der Waals surface area contributed by atoms with Crippen molar-refractivity contribution < 1.29 is 14.0 Å². The van der Waals surface area contributed by atoms with Gasteiger partial charge in [-0.25, -0.2) is 4.79 Å². The van der Waals surface area contributed by atoms with Crippen LogP contribution in [0.4, 0.5) is 10.5 Å². The van der Waals surface area contributed by atoms with Crippen molar-refractivity contribution in [3.8, 4) is 0 Å². The fourth-order valence-electron chi connectivity index (χ4n) is 3.22. The molecule has 2 atom stereocenters. The molecule has 0 bridgehead atoms. The molecule has 0 saturated carbocycles. The molecule has 3 amide bonds. The first-order valence-corrected chi connectivity index (χ1v) is 7.48. The molecule has 1 aromatic carbocycles. The highest BCUT2D eigenvalue weighted by atomic mass is 16.3. The number of primary amides is 1. The fourth-order valence-corrected chi connectivity index (χ4v) is 3.22. The van der Waals surface area contributed by atoms with Crippen molar-refractivity contribution in [1.82, 2.24) is 9.05 Å². The van der Waals surface area contributed by atoms with Crippen LogP contribution < -0.4 is 15.9 Å². The second-order valence-electron chi connectivity index (χ2n) is 5.68. The van der Waals surface area contributed by atoms with Crippen LogP contribution in [-0.2, 0) is 11.8 Å². The summed E-state index contributed by atoms with van der Waals surface area (Å²) in [6, 6.07) is 8.14. The maximum Gasteiger partial charge on any atom is 0.452 e. The Balaban J connectivity index is 2.15. The Morgan fingerprint density at radius 2 is 2.09 bits per heavy atom. The number of para-hydroxylation sites is 1. The topological polar surface area (TPSA) is 90.6 Å². The Hall–Kier alpha value is -2.67. The average Bonchev–Trinajstić information content (AvgIpc) is 3.16. The molecular weight excluding hydrogens is 296 g/mol. The number of amides is 3. The fraction of sp³-hybridized carbons (Fsp3) is 0.312. The molecular formula is C16H19N4O3+. The summed E-state index contributed by atoms with van der Waals surface area (Å²) in [6.45, 7) is 0.490. The van der Waals surface area contributed by atoms with Gasteiger partial charge in [-0.15, -0.1) is 4.99 Å². The molecule has 3 rings (SSSR count). The molecule has 7 nitrogen and oxygen atoms in total. The van der Waals surface area contributed by atoms with Crippen molar-refractivity contribution in [1.29, 1.82) is 0 Å². The Morgan fingerprint density at radius 3 is 2.70 bits per heavy atom. The molecule has 1 aliphatic rings. The van der Waals surface area contributed by atoms with Crippen molar-refractivity contribution in [3.05, 3.63) is 48.5 Å². The number of nitrogens with zero attached hydrogens (tertiary/aromatic N) is 3. The van der Waals surface area contributed by atoms with Crippen LogP contribution in [0.15, 0.2) is 52.2 Å². The standard InChI is InChI=1S/C16H18N4O3/c1-19-9-11-23-15(19)18-16(22)20(12-6-3-2-4-7-12)10-5-8-13(20)14(17)21/h2-4,6-7,9,11,13H,5,8,10H2,1H3,(H-,17,21)/p+1. The summed E-state index contributed by atoms with van der Waals surface area (Å²) in [5.41, 5.74) is 6.49. The molecule has 0 radical (unpaired) electrons. The summed E-state index contributed by atoms with van der Waals surface area (Å²) in [4.78, 5) is 29.1. The summed E-state index contributed by atoms with van der Waals surface area (Å²) in [5, 5.41) is 0. The van der Waals surface area contributed by atoms with Gasteiger partial charge < -0.3 is 14.7 Å². The molecule has 2 unspecified atom stereocenters. The van der Waals surface area contributed by atoms with E-state index in [2.05, 4.69) is 4.99 Å². The quantitative estimate of drug-likeness (QED) is 0.847. The zero-order valence-electron chi connectivity index (χ0n) is 12.9. The van der Waals surface area contributed by atoms with Crippen LogP contribution in [0.25, 0.3) is 0 Å². The zero-order chi connectivity index (χ0) is 16.4. The number of nitrogens with two attached hydrogens (primary N) is 1. The average molecular weight is 315 g/mol. The number of hydrogen-bond acceptors (Lipinski definition) is 3. The largest absolute Gasteiger partial charge is 0.452 e. The first-order valence-electron chi connectivity index (χ1n) is 7.48. The Morgan fingerprint density at radius 1 is 1.35 bits per heavy atom. The van der Waals surface area contributed by atoms with E-state index in [9.17, 15) is 9.59 Å². The Bertz CT molecular complexity index is 793. The minimum atomic E-state index is -0.617. The van der Waals surface area contributed by atoms with E-state index < -0.39 is 18.0 Å². The van der Waals surface area contributed by atoms with Crippen molar-refractivity contribution in [2.75, 3.05) is 6.54 Å². The van der Waals surface area contributed by atoms with Gasteiger partial charge in [0.25, 0.3) is 5.91 Å². The van der Waals surface area contributed by atoms with Crippen molar-refractivity contribution >= 4 is 17.6 Å². The van der Waals surface area contributed by atoms with Gasteiger partial charge in [-0.1, -0.05) is 18.2 Å². The second-order valence-corrected chi connectivity index (χ2v) is 5.68. The van der Waals surface area contributed by atoms with Gasteiger partial charge >= 0.3 is 11.7 Å². The number of quaternary nitrogens is 1. The summed E-state index contributed by atoms with van der Waals surface area (Å²) in [5.74, 6) is -0.487. The highest BCUT2D eigenvalue weighted by molar-refractivity contribution is 5.96. The monoisotopic (exact) mass is 315 g/mol. The zero-order valence-corrected chi connectivity index (χ0v) is 12.9. The molecule has 1 fully saturated rings. The van der Waals surface area contributed by atoms with E-state index in [0.29, 0.717) is 13.0 Å². The minimum Gasteiger partial charge on any atom is -0.432 e. The molecule has 2 heterocycles. The van der Waals surface area contributed by atoms with Gasteiger partial charge in [-0.2, -0.15) is 4.48 Å². The first kappa shape index (κ1) is 15.2. The van der Waals surface area contributed by atoms with Crippen LogP contribution in [0.2, 0.25) is 0 Å². The highest BCUT2D eigenvalue weighted by Crippen LogP contribution is 2.35. The third-order valence-corrected chi connectivity index (χ3v) is 4.36. The summed E-state index contributed by atoms with van der Waals surface area (Å²) >= 11 is 0. The van der Waals surface area contributed by atoms with Crippen LogP contribution in [0.5, 0.6) is 0 Å². The van der Waals surface area contributed by atoms with E-state index in [1.807, 2.05) is 30.3 Å². The van der Waals surface area contributed by atoms with E-state index >= 15 is 0 Å². The van der Waals surface area contributed by atoms with Crippen LogP contribution in [0.1, 0.15) is 12.8 Å². The summed E-state index contributed by atoms with van der Waals surface area (Å²) in [6.07, 6.45) is 4.41. The SMILES string of the molecule is Cn1ccoc1=NC(=O)[N+]1(c2ccccc2)CCCC1C(N)=O. The summed E-state index contributed by atoms with van der Waals surface area (Å²) in [7, 11) is 1.73. The number of benzene rings is 1. The maximum atomic E-state index is 13.0. The highest BCUT2D eigenvalue weighted by Gasteiger charge is 2.53. The van der Waals surface area contributed by atoms with E-state index in [0.717, 1.165) is 12.1 Å². The molecule has 2 N–H and O–H groups in total. The number of urea groups is 1. The van der Waals surface area contributed by atoms with Gasteiger partial charge in [-0.05, 0) is 12.1 Å². The molecule has 2 aromatic rings. The lowest BCUT2D eigenvalue weighted by Gasteiger charge is -2.33. The van der Waals surface area contributed by atoms with E-state index in [1.165, 1.54) is 6.26 Å². The number of likely N-dealkylation sites (tertiary alicyclic amines) is 1. The molecule has 1 saturated heterocycles. The van der Waals surface area contributed by atoms with Gasteiger partial charge in [-0.3, -0.25) is 4.79 Å². The smallest absolute Gasteiger partial charge is 0.432 e. The third-order valence-electron chi connectivity index (χ3n) is 4.36. The van der Waals surface area contributed by atoms with Gasteiger partial charge in [0, 0.05) is 26.1 Å². The van der Waals surface area contributed by atoms with Crippen LogP contribution in [0.3, 0.4) is 0 Å². The molecule has 120 valence electrons. The van der Waals surface area contributed by atoms with E-state index in [1.54, 1.807) is 17.8 Å². The van der Waals surface area contributed by atoms with Crippen molar-refractivity contribution in [3.63, 3.8) is 0 Å². The van der Waals surface area contributed by atoms with Crippen molar-refractivity contribution in [2.45, 2.75) is 18.9 Å². The Labute approximate surface area is 133 Å². The number of carbonyl (C=O) groups is 2. The molecule has 7 heteroatoms. The van der Waals surface area contributed by atoms with Gasteiger partial charge in [0.1, 0.15) is 12.0 Å². The number of aryl methyl sites for hydroxylation is 1. The van der Waals surface area contributed by atoms with Crippen molar-refractivity contribution in [2.24, 2.45) is 17.8 Å². The number of carbonyl (C=O) groups excluding carboxylic acids is 2. The van der Waals surface area contributed by atoms with Crippen LogP contribution in [0, 0.1) is 0 Å². The van der Waals surface area contributed by atoms with E-state index in [-0.39, 0.29) is 10.2 Å². The van der Waals surface area contributed by atoms with Gasteiger partial charge in [0.15, 0.2) is 6.04 Å². The van der Waals surface area contributed by atoms with E-state index in [4.69, 9.17) is 10.2 Å². The van der Waals surface area contributed by atoms with Crippen LogP contribution in [-0.4, -0.2) is 29.1 Å². The number of aromatic nitrogens is 1. The molecule has 0 aliphatic carbocycles. The second kappa shape index (κ2) is 5.85. The number of oxazole rings is 1. The lowest BCUT2D eigenvalue weighted by molar-refractivity contribution is -0.121. The molecule has 1 aliphatic heterocycles. The lowest BCUT2D eigenvalue weighted by Crippen LogP contribution is -2.61. The maximum absolute atomic E-state index is 13.0. The molecule has 23 heavy (non-hydrogen) atoms. The van der Waals surface area contributed by atoms with Gasteiger partial charge in [0.2, 0.25) is 0 Å². The lowest BCUT2D eigenvalue weighted by atomic mass is 10.1. The minimum absolute atomic E-state index is 0.184. The molecule has 1 aromatic heterocycles. The predicted octanol–water partition coefficient (Wildman–Crippen LogP) is 1.29. The first-order chi connectivity index (χ1) is 11.1.